The van der Waals surface area contributed by atoms with Crippen molar-refractivity contribution in [1.29, 1.82) is 0 Å². The summed E-state index contributed by atoms with van der Waals surface area (Å²) in [6, 6.07) is 17.7. The van der Waals surface area contributed by atoms with Crippen molar-refractivity contribution in [3.8, 4) is 0 Å². The maximum absolute atomic E-state index is 4.78. The number of imidazole rings is 1. The van der Waals surface area contributed by atoms with Crippen LogP contribution in [-0.2, 0) is 20.1 Å². The van der Waals surface area contributed by atoms with E-state index in [4.69, 9.17) is 4.98 Å². The highest BCUT2D eigenvalue weighted by Crippen LogP contribution is 2.25. The number of hydrogen-bond acceptors (Lipinski definition) is 3. The van der Waals surface area contributed by atoms with Crippen molar-refractivity contribution in [3.63, 3.8) is 0 Å². The third-order valence-corrected chi connectivity index (χ3v) is 5.95. The van der Waals surface area contributed by atoms with E-state index in [0.717, 1.165) is 30.5 Å². The van der Waals surface area contributed by atoms with Crippen molar-refractivity contribution in [2.24, 2.45) is 7.05 Å². The molecule has 0 radical (unpaired) electrons. The van der Waals surface area contributed by atoms with Gasteiger partial charge < -0.3 is 9.88 Å². The molecule has 1 fully saturated rings. The Labute approximate surface area is 162 Å². The van der Waals surface area contributed by atoms with E-state index in [-0.39, 0.29) is 0 Å². The number of anilines is 1. The van der Waals surface area contributed by atoms with E-state index < -0.39 is 0 Å². The van der Waals surface area contributed by atoms with Crippen molar-refractivity contribution in [3.05, 3.63) is 59.9 Å². The molecular formula is C23H30N4. The average Bonchev–Trinajstić information content (AvgIpc) is 3.04. The smallest absolute Gasteiger partial charge is 0.128 e. The van der Waals surface area contributed by atoms with Crippen LogP contribution in [0.2, 0.25) is 0 Å². The molecule has 0 unspecified atom stereocenters. The van der Waals surface area contributed by atoms with Crippen LogP contribution in [-0.4, -0.2) is 27.5 Å². The first-order valence-corrected chi connectivity index (χ1v) is 10.1. The quantitative estimate of drug-likeness (QED) is 0.673. The zero-order valence-corrected chi connectivity index (χ0v) is 16.5. The van der Waals surface area contributed by atoms with Gasteiger partial charge in [0, 0.05) is 25.3 Å². The molecule has 0 amide bonds. The Morgan fingerprint density at radius 1 is 1.04 bits per heavy atom. The minimum Gasteiger partial charge on any atom is -0.378 e. The molecule has 0 atom stereocenters. The highest BCUT2D eigenvalue weighted by molar-refractivity contribution is 5.75. The molecule has 0 bridgehead atoms. The van der Waals surface area contributed by atoms with Gasteiger partial charge >= 0.3 is 0 Å². The summed E-state index contributed by atoms with van der Waals surface area (Å²) in [5, 5.41) is 3.63. The van der Waals surface area contributed by atoms with E-state index >= 15 is 0 Å². The molecule has 1 saturated carbocycles. The topological polar surface area (TPSA) is 33.1 Å². The Hall–Kier alpha value is -2.33. The minimum atomic E-state index is 0.728. The van der Waals surface area contributed by atoms with E-state index in [1.165, 1.54) is 48.9 Å². The standard InChI is InChI=1S/C23H30N4/c1-26(19-11-4-3-5-12-19)17-18-10-6-7-13-20(18)24-16-23-25-21-14-8-9-15-22(21)27(23)2/h6-10,13-15,19,24H,3-5,11-12,16-17H2,1-2H3. The summed E-state index contributed by atoms with van der Waals surface area (Å²) in [6.45, 7) is 1.73. The van der Waals surface area contributed by atoms with E-state index in [2.05, 4.69) is 71.3 Å². The van der Waals surface area contributed by atoms with E-state index in [1.54, 1.807) is 0 Å². The molecule has 3 aromatic rings. The van der Waals surface area contributed by atoms with Gasteiger partial charge in [0.05, 0.1) is 17.6 Å². The number of aryl methyl sites for hydroxylation is 1. The second-order valence-electron chi connectivity index (χ2n) is 7.79. The van der Waals surface area contributed by atoms with Gasteiger partial charge in [0.2, 0.25) is 0 Å². The fourth-order valence-corrected chi connectivity index (χ4v) is 4.28. The van der Waals surface area contributed by atoms with Gasteiger partial charge in [0.1, 0.15) is 5.82 Å². The van der Waals surface area contributed by atoms with Crippen LogP contribution in [0, 0.1) is 0 Å². The van der Waals surface area contributed by atoms with Gasteiger partial charge in [-0.15, -0.1) is 0 Å². The van der Waals surface area contributed by atoms with E-state index in [9.17, 15) is 0 Å². The van der Waals surface area contributed by atoms with Gasteiger partial charge in [-0.25, -0.2) is 4.98 Å². The van der Waals surface area contributed by atoms with Crippen LogP contribution in [0.15, 0.2) is 48.5 Å². The number of aromatic nitrogens is 2. The third-order valence-electron chi connectivity index (χ3n) is 5.95. The predicted octanol–water partition coefficient (Wildman–Crippen LogP) is 4.95. The number of fused-ring (bicyclic) bond motifs is 1. The molecule has 1 aliphatic carbocycles. The molecule has 1 heterocycles. The molecule has 0 spiro atoms. The lowest BCUT2D eigenvalue weighted by molar-refractivity contribution is 0.185. The van der Waals surface area contributed by atoms with Crippen molar-refractivity contribution >= 4 is 16.7 Å². The Morgan fingerprint density at radius 3 is 2.59 bits per heavy atom. The first kappa shape index (κ1) is 18.1. The summed E-state index contributed by atoms with van der Waals surface area (Å²) in [5.41, 5.74) is 4.82. The summed E-state index contributed by atoms with van der Waals surface area (Å²) >= 11 is 0. The van der Waals surface area contributed by atoms with Crippen LogP contribution in [0.25, 0.3) is 11.0 Å². The second kappa shape index (κ2) is 8.13. The summed E-state index contributed by atoms with van der Waals surface area (Å²) in [7, 11) is 4.37. The molecule has 1 aliphatic rings. The molecule has 4 nitrogen and oxygen atoms in total. The Morgan fingerprint density at radius 2 is 1.78 bits per heavy atom. The van der Waals surface area contributed by atoms with Crippen molar-refractivity contribution in [1.82, 2.24) is 14.5 Å². The normalized spacial score (nSPS) is 15.5. The van der Waals surface area contributed by atoms with Crippen LogP contribution in [0.1, 0.15) is 43.5 Å². The number of hydrogen-bond donors (Lipinski definition) is 1. The highest BCUT2D eigenvalue weighted by Gasteiger charge is 2.18. The molecule has 2 aromatic carbocycles. The molecule has 0 aliphatic heterocycles. The maximum Gasteiger partial charge on any atom is 0.128 e. The maximum atomic E-state index is 4.78. The van der Waals surface area contributed by atoms with E-state index in [1.807, 2.05) is 6.07 Å². The van der Waals surface area contributed by atoms with Crippen LogP contribution in [0.4, 0.5) is 5.69 Å². The summed E-state index contributed by atoms with van der Waals surface area (Å²) < 4.78 is 2.18. The number of nitrogens with zero attached hydrogens (tertiary/aromatic N) is 3. The first-order valence-electron chi connectivity index (χ1n) is 10.1. The lowest BCUT2D eigenvalue weighted by atomic mass is 9.94. The molecule has 4 rings (SSSR count). The van der Waals surface area contributed by atoms with Gasteiger partial charge in [-0.2, -0.15) is 0 Å². The number of rotatable bonds is 6. The fourth-order valence-electron chi connectivity index (χ4n) is 4.28. The summed E-state index contributed by atoms with van der Waals surface area (Å²) in [5.74, 6) is 1.06. The Kier molecular flexibility index (Phi) is 5.44. The third kappa shape index (κ3) is 4.01. The van der Waals surface area contributed by atoms with Gasteiger partial charge in [0.15, 0.2) is 0 Å². The average molecular weight is 363 g/mol. The van der Waals surface area contributed by atoms with Gasteiger partial charge in [-0.05, 0) is 43.7 Å². The van der Waals surface area contributed by atoms with Gasteiger partial charge in [0.25, 0.3) is 0 Å². The molecule has 0 saturated heterocycles. The van der Waals surface area contributed by atoms with Gasteiger partial charge in [-0.1, -0.05) is 49.6 Å². The molecule has 27 heavy (non-hydrogen) atoms. The zero-order valence-electron chi connectivity index (χ0n) is 16.5. The van der Waals surface area contributed by atoms with Crippen LogP contribution >= 0.6 is 0 Å². The second-order valence-corrected chi connectivity index (χ2v) is 7.79. The van der Waals surface area contributed by atoms with Crippen molar-refractivity contribution < 1.29 is 0 Å². The predicted molar refractivity (Wildman–Crippen MR) is 113 cm³/mol. The zero-order chi connectivity index (χ0) is 18.6. The van der Waals surface area contributed by atoms with Crippen LogP contribution in [0.3, 0.4) is 0 Å². The minimum absolute atomic E-state index is 0.728. The fraction of sp³-hybridized carbons (Fsp3) is 0.435. The molecule has 4 heteroatoms. The lowest BCUT2D eigenvalue weighted by Gasteiger charge is -2.31. The van der Waals surface area contributed by atoms with Crippen molar-refractivity contribution in [2.75, 3.05) is 12.4 Å². The van der Waals surface area contributed by atoms with Crippen LogP contribution in [0.5, 0.6) is 0 Å². The Bertz CT molecular complexity index is 892. The van der Waals surface area contributed by atoms with E-state index in [0.29, 0.717) is 0 Å². The SMILES string of the molecule is CN(Cc1ccccc1NCc1nc2ccccc2n1C)C1CCCCC1. The monoisotopic (exact) mass is 362 g/mol. The van der Waals surface area contributed by atoms with Gasteiger partial charge in [-0.3, -0.25) is 4.90 Å². The molecular weight excluding hydrogens is 332 g/mol. The largest absolute Gasteiger partial charge is 0.378 e. The molecule has 142 valence electrons. The highest BCUT2D eigenvalue weighted by atomic mass is 15.1. The number of para-hydroxylation sites is 3. The molecule has 1 N–H and O–H groups in total. The summed E-state index contributed by atoms with van der Waals surface area (Å²) in [4.78, 5) is 7.32. The first-order chi connectivity index (χ1) is 13.2. The van der Waals surface area contributed by atoms with Crippen LogP contribution < -0.4 is 5.32 Å². The Balaban J connectivity index is 1.46. The number of nitrogens with one attached hydrogen (secondary N) is 1. The number of benzene rings is 2. The summed E-state index contributed by atoms with van der Waals surface area (Å²) in [6.07, 6.45) is 6.83. The van der Waals surface area contributed by atoms with Crippen molar-refractivity contribution in [2.45, 2.75) is 51.2 Å². The molecule has 1 aromatic heterocycles. The lowest BCUT2D eigenvalue weighted by Crippen LogP contribution is -2.33.